The summed E-state index contributed by atoms with van der Waals surface area (Å²) in [7, 11) is 1.36. The summed E-state index contributed by atoms with van der Waals surface area (Å²) in [5.41, 5.74) is 2.97. The van der Waals surface area contributed by atoms with Crippen LogP contribution in [0.3, 0.4) is 0 Å². The van der Waals surface area contributed by atoms with Crippen LogP contribution in [0.4, 0.5) is 0 Å². The molecular weight excluding hydrogens is 382 g/mol. The monoisotopic (exact) mass is 405 g/mol. The Labute approximate surface area is 175 Å². The van der Waals surface area contributed by atoms with Crippen molar-refractivity contribution >= 4 is 5.97 Å². The van der Waals surface area contributed by atoms with Crippen molar-refractivity contribution in [2.24, 2.45) is 5.92 Å². The highest BCUT2D eigenvalue weighted by Gasteiger charge is 2.30. The lowest BCUT2D eigenvalue weighted by Crippen LogP contribution is -2.27. The van der Waals surface area contributed by atoms with Gasteiger partial charge in [0.2, 0.25) is 0 Å². The van der Waals surface area contributed by atoms with Crippen molar-refractivity contribution in [3.63, 3.8) is 0 Å². The topological polar surface area (TPSA) is 77.9 Å². The number of ether oxygens (including phenoxy) is 3. The van der Waals surface area contributed by atoms with E-state index < -0.39 is 6.10 Å². The second-order valence-electron chi connectivity index (χ2n) is 7.22. The first-order valence-corrected chi connectivity index (χ1v) is 9.79. The van der Waals surface area contributed by atoms with Gasteiger partial charge in [-0.2, -0.15) is 0 Å². The molecule has 1 aliphatic heterocycles. The van der Waals surface area contributed by atoms with Crippen LogP contribution in [0, 0.1) is 5.92 Å². The molecule has 6 nitrogen and oxygen atoms in total. The van der Waals surface area contributed by atoms with Crippen LogP contribution in [-0.4, -0.2) is 29.8 Å². The fourth-order valence-corrected chi connectivity index (χ4v) is 3.58. The molecule has 1 aromatic heterocycles. The molecule has 4 rings (SSSR count). The molecule has 154 valence electrons. The molecular formula is C24H23NO5. The molecule has 2 heterocycles. The third-order valence-electron chi connectivity index (χ3n) is 5.16. The predicted octanol–water partition coefficient (Wildman–Crippen LogP) is 3.73. The van der Waals surface area contributed by atoms with Gasteiger partial charge in [-0.05, 0) is 54.4 Å². The number of aromatic nitrogens is 1. The summed E-state index contributed by atoms with van der Waals surface area (Å²) in [6.07, 6.45) is 1.60. The standard InChI is InChI=1S/C24H23NO5/c1-28-24(27)17-6-4-5-16(11-17)12-18-14-30-22-9-8-20(13-21(22)23(18)26)29-15-19-7-2-3-10-25-19/h2-11,13,18,23,26H,12,14-15H2,1H3/t18-,23-/m1/s1. The number of aliphatic hydroxyl groups is 1. The van der Waals surface area contributed by atoms with E-state index in [1.165, 1.54) is 7.11 Å². The van der Waals surface area contributed by atoms with Crippen LogP contribution in [0.5, 0.6) is 11.5 Å². The lowest BCUT2D eigenvalue weighted by atomic mass is 9.88. The fourth-order valence-electron chi connectivity index (χ4n) is 3.58. The first kappa shape index (κ1) is 19.9. The Morgan fingerprint density at radius 1 is 1.17 bits per heavy atom. The molecule has 30 heavy (non-hydrogen) atoms. The van der Waals surface area contributed by atoms with Crippen molar-refractivity contribution in [1.29, 1.82) is 0 Å². The maximum Gasteiger partial charge on any atom is 0.337 e. The molecule has 0 bridgehead atoms. The highest BCUT2D eigenvalue weighted by molar-refractivity contribution is 5.89. The number of rotatable bonds is 6. The molecule has 0 saturated heterocycles. The van der Waals surface area contributed by atoms with Crippen LogP contribution in [0.15, 0.2) is 66.9 Å². The molecule has 0 unspecified atom stereocenters. The first-order chi connectivity index (χ1) is 14.6. The number of hydrogen-bond acceptors (Lipinski definition) is 6. The van der Waals surface area contributed by atoms with Gasteiger partial charge in [-0.3, -0.25) is 4.98 Å². The van der Waals surface area contributed by atoms with E-state index in [1.807, 2.05) is 48.5 Å². The number of fused-ring (bicyclic) bond motifs is 1. The van der Waals surface area contributed by atoms with Gasteiger partial charge in [0.1, 0.15) is 18.1 Å². The number of hydrogen-bond donors (Lipinski definition) is 1. The van der Waals surface area contributed by atoms with Gasteiger partial charge in [-0.25, -0.2) is 4.79 Å². The number of benzene rings is 2. The molecule has 6 heteroatoms. The SMILES string of the molecule is COC(=O)c1cccc(C[C@@H]2COc3ccc(OCc4ccccn4)cc3[C@@H]2O)c1. The Morgan fingerprint density at radius 3 is 2.87 bits per heavy atom. The van der Waals surface area contributed by atoms with E-state index in [0.717, 1.165) is 11.3 Å². The summed E-state index contributed by atoms with van der Waals surface area (Å²) >= 11 is 0. The minimum atomic E-state index is -0.700. The molecule has 0 radical (unpaired) electrons. The molecule has 2 aromatic carbocycles. The minimum Gasteiger partial charge on any atom is -0.493 e. The normalized spacial score (nSPS) is 17.5. The Morgan fingerprint density at radius 2 is 2.07 bits per heavy atom. The summed E-state index contributed by atoms with van der Waals surface area (Å²) in [6.45, 7) is 0.741. The zero-order valence-electron chi connectivity index (χ0n) is 16.7. The number of nitrogens with zero attached hydrogens (tertiary/aromatic N) is 1. The average molecular weight is 405 g/mol. The van der Waals surface area contributed by atoms with Crippen LogP contribution in [0.1, 0.15) is 33.3 Å². The Bertz CT molecular complexity index is 1020. The van der Waals surface area contributed by atoms with Crippen LogP contribution < -0.4 is 9.47 Å². The number of methoxy groups -OCH3 is 1. The second kappa shape index (κ2) is 8.97. The molecule has 1 aliphatic rings. The van der Waals surface area contributed by atoms with E-state index in [4.69, 9.17) is 14.2 Å². The predicted molar refractivity (Wildman–Crippen MR) is 110 cm³/mol. The highest BCUT2D eigenvalue weighted by Crippen LogP contribution is 2.39. The van der Waals surface area contributed by atoms with Crippen molar-refractivity contribution < 1.29 is 24.1 Å². The van der Waals surface area contributed by atoms with Crippen molar-refractivity contribution in [3.8, 4) is 11.5 Å². The lowest BCUT2D eigenvalue weighted by Gasteiger charge is -2.30. The van der Waals surface area contributed by atoms with Gasteiger partial charge in [-0.15, -0.1) is 0 Å². The van der Waals surface area contributed by atoms with Gasteiger partial charge in [0.15, 0.2) is 0 Å². The summed E-state index contributed by atoms with van der Waals surface area (Å²) in [5, 5.41) is 11.0. The smallest absolute Gasteiger partial charge is 0.337 e. The van der Waals surface area contributed by atoms with Crippen molar-refractivity contribution in [2.75, 3.05) is 13.7 Å². The summed E-state index contributed by atoms with van der Waals surface area (Å²) in [6, 6.07) is 18.4. The quantitative estimate of drug-likeness (QED) is 0.630. The number of carbonyl (C=O) groups is 1. The second-order valence-corrected chi connectivity index (χ2v) is 7.22. The third-order valence-corrected chi connectivity index (χ3v) is 5.16. The summed E-state index contributed by atoms with van der Waals surface area (Å²) in [4.78, 5) is 16.0. The molecule has 0 spiro atoms. The molecule has 0 fully saturated rings. The van der Waals surface area contributed by atoms with E-state index in [2.05, 4.69) is 4.98 Å². The summed E-state index contributed by atoms with van der Waals surface area (Å²) in [5.74, 6) is 0.788. The largest absolute Gasteiger partial charge is 0.493 e. The third kappa shape index (κ3) is 4.44. The summed E-state index contributed by atoms with van der Waals surface area (Å²) < 4.78 is 16.5. The maximum absolute atomic E-state index is 11.8. The van der Waals surface area contributed by atoms with Gasteiger partial charge in [0, 0.05) is 17.7 Å². The first-order valence-electron chi connectivity index (χ1n) is 9.79. The van der Waals surface area contributed by atoms with Crippen molar-refractivity contribution in [1.82, 2.24) is 4.98 Å². The lowest BCUT2D eigenvalue weighted by molar-refractivity contribution is 0.0504. The Hall–Kier alpha value is -3.38. The van der Waals surface area contributed by atoms with Gasteiger partial charge in [0.05, 0.1) is 31.1 Å². The zero-order valence-corrected chi connectivity index (χ0v) is 16.7. The van der Waals surface area contributed by atoms with Gasteiger partial charge in [0.25, 0.3) is 0 Å². The fraction of sp³-hybridized carbons (Fsp3) is 0.250. The van der Waals surface area contributed by atoms with E-state index in [0.29, 0.717) is 42.3 Å². The van der Waals surface area contributed by atoms with E-state index in [9.17, 15) is 9.90 Å². The number of carbonyl (C=O) groups excluding carboxylic acids is 1. The zero-order chi connectivity index (χ0) is 20.9. The minimum absolute atomic E-state index is 0.142. The molecule has 2 atom stereocenters. The van der Waals surface area contributed by atoms with Crippen LogP contribution in [0.2, 0.25) is 0 Å². The maximum atomic E-state index is 11.8. The van der Waals surface area contributed by atoms with Gasteiger partial charge in [-0.1, -0.05) is 18.2 Å². The van der Waals surface area contributed by atoms with Gasteiger partial charge < -0.3 is 19.3 Å². The molecule has 1 N–H and O–H groups in total. The van der Waals surface area contributed by atoms with Crippen molar-refractivity contribution in [3.05, 3.63) is 89.2 Å². The molecule has 0 aliphatic carbocycles. The van der Waals surface area contributed by atoms with Crippen molar-refractivity contribution in [2.45, 2.75) is 19.1 Å². The average Bonchev–Trinajstić information content (AvgIpc) is 2.80. The Kier molecular flexibility index (Phi) is 5.95. The van der Waals surface area contributed by atoms with E-state index >= 15 is 0 Å². The molecule has 0 saturated carbocycles. The van der Waals surface area contributed by atoms with Crippen LogP contribution in [0.25, 0.3) is 0 Å². The number of aliphatic hydroxyl groups excluding tert-OH is 1. The van der Waals surface area contributed by atoms with Gasteiger partial charge >= 0.3 is 5.97 Å². The number of pyridine rings is 1. The molecule has 0 amide bonds. The number of esters is 1. The molecule has 3 aromatic rings. The van der Waals surface area contributed by atoms with E-state index in [1.54, 1.807) is 18.3 Å². The Balaban J connectivity index is 1.47. The van der Waals surface area contributed by atoms with Crippen LogP contribution >= 0.6 is 0 Å². The van der Waals surface area contributed by atoms with Crippen LogP contribution in [-0.2, 0) is 17.8 Å². The van der Waals surface area contributed by atoms with E-state index in [-0.39, 0.29) is 11.9 Å². The highest BCUT2D eigenvalue weighted by atomic mass is 16.5.